The number of benzene rings is 1. The van der Waals surface area contributed by atoms with Crippen LogP contribution in [-0.2, 0) is 0 Å². The van der Waals surface area contributed by atoms with E-state index in [1.165, 1.54) is 12.1 Å². The molecule has 0 saturated carbocycles. The summed E-state index contributed by atoms with van der Waals surface area (Å²) < 4.78 is 9.97. The van der Waals surface area contributed by atoms with Gasteiger partial charge in [0.2, 0.25) is 0 Å². The number of alkyl halides is 2. The fraction of sp³-hybridized carbons (Fsp3) is 0.250. The zero-order valence-corrected chi connectivity index (χ0v) is 9.20. The highest BCUT2D eigenvalue weighted by Crippen LogP contribution is 2.16. The zero-order chi connectivity index (χ0) is 11.3. The molecule has 1 rings (SSSR count). The second-order valence-corrected chi connectivity index (χ2v) is 3.02. The fourth-order valence-electron chi connectivity index (χ4n) is 1.07. The summed E-state index contributed by atoms with van der Waals surface area (Å²) >= 11 is 10.7. The molecule has 15 heavy (non-hydrogen) atoms. The van der Waals surface area contributed by atoms with Crippen molar-refractivity contribution in [2.45, 2.75) is 0 Å². The average Bonchev–Trinajstić information content (AvgIpc) is 2.21. The highest BCUT2D eigenvalue weighted by Gasteiger charge is 2.18. The summed E-state index contributed by atoms with van der Waals surface area (Å²) in [6.45, 7) is 0. The van der Waals surface area contributed by atoms with Crippen LogP contribution in [-0.4, -0.2) is 29.3 Å². The second kappa shape index (κ2) is 6.07. The first-order valence-corrected chi connectivity index (χ1v) is 5.13. The van der Waals surface area contributed by atoms with E-state index in [1.54, 1.807) is 6.07 Å². The largest absolute Gasteiger partial charge is 0.492 e. The van der Waals surface area contributed by atoms with Crippen LogP contribution in [0.15, 0.2) is 18.2 Å². The van der Waals surface area contributed by atoms with Gasteiger partial charge < -0.3 is 19.5 Å². The molecule has 7 heteroatoms. The van der Waals surface area contributed by atoms with Crippen LogP contribution in [0.25, 0.3) is 0 Å². The number of ether oxygens (including phenoxy) is 2. The second-order valence-electron chi connectivity index (χ2n) is 2.58. The first kappa shape index (κ1) is 12.5. The van der Waals surface area contributed by atoms with Crippen molar-refractivity contribution in [1.29, 1.82) is 0 Å². The van der Waals surface area contributed by atoms with Gasteiger partial charge in [0.15, 0.2) is 12.1 Å². The molecule has 1 aromatic rings. The lowest BCUT2D eigenvalue weighted by Crippen LogP contribution is -2.31. The van der Waals surface area contributed by atoms with E-state index in [0.29, 0.717) is 11.5 Å². The highest BCUT2D eigenvalue weighted by atomic mass is 35.5. The Hall–Kier alpha value is -0.615. The third-order valence-electron chi connectivity index (χ3n) is 1.69. The van der Waals surface area contributed by atoms with Crippen LogP contribution in [0.4, 0.5) is 0 Å². The van der Waals surface area contributed by atoms with Crippen molar-refractivity contribution >= 4 is 35.8 Å². The van der Waals surface area contributed by atoms with Crippen LogP contribution in [0.5, 0.6) is 11.5 Å². The van der Waals surface area contributed by atoms with E-state index in [2.05, 4.69) is 0 Å². The molecule has 0 spiro atoms. The van der Waals surface area contributed by atoms with Crippen LogP contribution >= 0.6 is 23.2 Å². The third kappa shape index (κ3) is 3.46. The highest BCUT2D eigenvalue weighted by molar-refractivity contribution is 6.59. The number of halogens is 2. The van der Waals surface area contributed by atoms with Gasteiger partial charge in [0, 0.05) is 5.46 Å². The van der Waals surface area contributed by atoms with E-state index in [1.807, 2.05) is 0 Å². The molecule has 0 fully saturated rings. The Labute approximate surface area is 97.5 Å². The van der Waals surface area contributed by atoms with Gasteiger partial charge in [0.1, 0.15) is 11.5 Å². The van der Waals surface area contributed by atoms with Crippen LogP contribution < -0.4 is 14.9 Å². The lowest BCUT2D eigenvalue weighted by Gasteiger charge is -2.10. The molecule has 0 atom stereocenters. The van der Waals surface area contributed by atoms with Gasteiger partial charge in [-0.15, -0.1) is 0 Å². The summed E-state index contributed by atoms with van der Waals surface area (Å²) in [5.74, 6) is 0.719. The molecule has 0 heterocycles. The van der Waals surface area contributed by atoms with Crippen molar-refractivity contribution in [2.24, 2.45) is 0 Å². The summed E-state index contributed by atoms with van der Waals surface area (Å²) in [5.41, 5.74) is 0.179. The van der Waals surface area contributed by atoms with Crippen molar-refractivity contribution in [2.75, 3.05) is 12.1 Å². The Bertz CT molecular complexity index is 322. The van der Waals surface area contributed by atoms with Crippen LogP contribution in [0.2, 0.25) is 0 Å². The molecule has 0 radical (unpaired) electrons. The zero-order valence-electron chi connectivity index (χ0n) is 7.69. The first-order chi connectivity index (χ1) is 7.19. The minimum atomic E-state index is -1.65. The molecule has 4 nitrogen and oxygen atoms in total. The van der Waals surface area contributed by atoms with E-state index in [-0.39, 0.29) is 17.6 Å². The summed E-state index contributed by atoms with van der Waals surface area (Å²) in [6, 6.07) is 4.45. The molecule has 82 valence electrons. The van der Waals surface area contributed by atoms with E-state index in [4.69, 9.17) is 42.7 Å². The van der Waals surface area contributed by atoms with Crippen LogP contribution in [0.3, 0.4) is 0 Å². The lowest BCUT2D eigenvalue weighted by atomic mass is 9.79. The Balaban J connectivity index is 2.97. The monoisotopic (exact) mass is 250 g/mol. The van der Waals surface area contributed by atoms with Gasteiger partial charge in [-0.1, -0.05) is 23.2 Å². The smallest absolute Gasteiger partial charge is 0.478 e. The standard InChI is InChI=1S/C8H9BCl2O4/c10-4-14-6-1-2-8(15-5-11)7(3-6)9(12)13/h1-3,12-13H,4-5H2. The van der Waals surface area contributed by atoms with Crippen molar-refractivity contribution in [1.82, 2.24) is 0 Å². The molecule has 0 bridgehead atoms. The molecular weight excluding hydrogens is 242 g/mol. The minimum absolute atomic E-state index is 0.0172. The molecular formula is C8H9BCl2O4. The normalized spacial score (nSPS) is 9.87. The molecule has 0 aliphatic rings. The molecule has 0 aromatic heterocycles. The molecule has 0 amide bonds. The van der Waals surface area contributed by atoms with Gasteiger partial charge in [-0.2, -0.15) is 0 Å². The summed E-state index contributed by atoms with van der Waals surface area (Å²) in [7, 11) is -1.65. The predicted molar refractivity (Wildman–Crippen MR) is 59.0 cm³/mol. The van der Waals surface area contributed by atoms with Gasteiger partial charge in [0.05, 0.1) is 0 Å². The van der Waals surface area contributed by atoms with Crippen LogP contribution in [0.1, 0.15) is 0 Å². The van der Waals surface area contributed by atoms with Gasteiger partial charge in [0.25, 0.3) is 0 Å². The van der Waals surface area contributed by atoms with Crippen molar-refractivity contribution in [3.63, 3.8) is 0 Å². The number of hydrogen-bond donors (Lipinski definition) is 2. The predicted octanol–water partition coefficient (Wildman–Crippen LogP) is 0.517. The SMILES string of the molecule is OB(O)c1cc(OCCl)ccc1OCCl. The Morgan fingerprint density at radius 3 is 2.33 bits per heavy atom. The molecule has 0 aliphatic heterocycles. The number of rotatable bonds is 5. The molecule has 0 saturated heterocycles. The van der Waals surface area contributed by atoms with E-state index < -0.39 is 7.12 Å². The minimum Gasteiger partial charge on any atom is -0.478 e. The summed E-state index contributed by atoms with van der Waals surface area (Å²) in [6.07, 6.45) is 0. The molecule has 2 N–H and O–H groups in total. The third-order valence-corrected chi connectivity index (χ3v) is 1.91. The van der Waals surface area contributed by atoms with Gasteiger partial charge in [-0.3, -0.25) is 0 Å². The van der Waals surface area contributed by atoms with Gasteiger partial charge in [-0.05, 0) is 18.2 Å². The Morgan fingerprint density at radius 1 is 1.13 bits per heavy atom. The van der Waals surface area contributed by atoms with Crippen molar-refractivity contribution < 1.29 is 19.5 Å². The summed E-state index contributed by atoms with van der Waals surface area (Å²) in [5, 5.41) is 18.1. The topological polar surface area (TPSA) is 58.9 Å². The Morgan fingerprint density at radius 2 is 1.80 bits per heavy atom. The maximum absolute atomic E-state index is 9.07. The average molecular weight is 251 g/mol. The maximum Gasteiger partial charge on any atom is 0.492 e. The van der Waals surface area contributed by atoms with E-state index in [9.17, 15) is 0 Å². The summed E-state index contributed by atoms with van der Waals surface area (Å²) in [4.78, 5) is 0. The fourth-order valence-corrected chi connectivity index (χ4v) is 1.31. The van der Waals surface area contributed by atoms with Crippen LogP contribution in [0, 0.1) is 0 Å². The first-order valence-electron chi connectivity index (χ1n) is 4.06. The van der Waals surface area contributed by atoms with Gasteiger partial charge >= 0.3 is 7.12 Å². The van der Waals surface area contributed by atoms with Gasteiger partial charge in [-0.25, -0.2) is 0 Å². The van der Waals surface area contributed by atoms with Crippen molar-refractivity contribution in [3.05, 3.63) is 18.2 Å². The molecule has 0 unspecified atom stereocenters. The lowest BCUT2D eigenvalue weighted by molar-refractivity contribution is 0.374. The van der Waals surface area contributed by atoms with E-state index >= 15 is 0 Å². The van der Waals surface area contributed by atoms with Crippen molar-refractivity contribution in [3.8, 4) is 11.5 Å². The molecule has 1 aromatic carbocycles. The van der Waals surface area contributed by atoms with E-state index in [0.717, 1.165) is 0 Å². The number of hydrogen-bond acceptors (Lipinski definition) is 4. The Kier molecular flexibility index (Phi) is 5.04. The quantitative estimate of drug-likeness (QED) is 0.591. The molecule has 0 aliphatic carbocycles. The maximum atomic E-state index is 9.07.